The van der Waals surface area contributed by atoms with Crippen molar-refractivity contribution in [1.29, 1.82) is 0 Å². The average Bonchev–Trinajstić information content (AvgIpc) is 1.98. The predicted octanol–water partition coefficient (Wildman–Crippen LogP) is 3.02. The Labute approximate surface area is 72.7 Å². The van der Waals surface area contributed by atoms with Gasteiger partial charge in [0.15, 0.2) is 0 Å². The van der Waals surface area contributed by atoms with E-state index in [4.69, 9.17) is 0 Å². The monoisotopic (exact) mass is 223 g/mol. The molecular weight excluding hydrogens is 224 g/mol. The standard InChI is InChI=1S/C5ClF6N/c6-1-2(7)4(9,10)5(11,12)13-3(1)8. The van der Waals surface area contributed by atoms with Gasteiger partial charge in [-0.05, 0) is 0 Å². The summed E-state index contributed by atoms with van der Waals surface area (Å²) in [5, 5.41) is -1.73. The van der Waals surface area contributed by atoms with Crippen LogP contribution in [0.15, 0.2) is 15.9 Å². The van der Waals surface area contributed by atoms with Gasteiger partial charge in [0.2, 0.25) is 11.8 Å². The highest BCUT2D eigenvalue weighted by Crippen LogP contribution is 2.46. The van der Waals surface area contributed by atoms with E-state index < -0.39 is 28.8 Å². The summed E-state index contributed by atoms with van der Waals surface area (Å²) in [7, 11) is 0. The van der Waals surface area contributed by atoms with Crippen LogP contribution in [0.5, 0.6) is 0 Å². The minimum Gasteiger partial charge on any atom is -0.203 e. The highest BCUT2D eigenvalue weighted by Gasteiger charge is 2.64. The average molecular weight is 224 g/mol. The maximum absolute atomic E-state index is 12.3. The highest BCUT2D eigenvalue weighted by atomic mass is 35.5. The molecule has 1 aliphatic rings. The molecule has 0 atom stereocenters. The van der Waals surface area contributed by atoms with Crippen molar-refractivity contribution in [3.63, 3.8) is 0 Å². The van der Waals surface area contributed by atoms with Crippen molar-refractivity contribution in [1.82, 2.24) is 0 Å². The van der Waals surface area contributed by atoms with E-state index in [1.165, 1.54) is 0 Å². The zero-order valence-corrected chi connectivity index (χ0v) is 6.35. The molecule has 0 spiro atoms. The molecule has 0 N–H and O–H groups in total. The van der Waals surface area contributed by atoms with Gasteiger partial charge in [-0.15, -0.1) is 0 Å². The van der Waals surface area contributed by atoms with Gasteiger partial charge in [-0.25, -0.2) is 4.39 Å². The Morgan fingerprint density at radius 1 is 1.08 bits per heavy atom. The number of halogens is 7. The van der Waals surface area contributed by atoms with Crippen LogP contribution in [0.3, 0.4) is 0 Å². The lowest BCUT2D eigenvalue weighted by atomic mass is 10.2. The Hall–Kier alpha value is -0.720. The molecule has 0 saturated heterocycles. The quantitative estimate of drug-likeness (QED) is 0.442. The molecule has 1 rings (SSSR count). The van der Waals surface area contributed by atoms with E-state index in [0.717, 1.165) is 0 Å². The van der Waals surface area contributed by atoms with Gasteiger partial charge in [-0.3, -0.25) is 0 Å². The molecule has 0 saturated carbocycles. The van der Waals surface area contributed by atoms with Crippen LogP contribution in [0.2, 0.25) is 0 Å². The topological polar surface area (TPSA) is 12.4 Å². The molecule has 74 valence electrons. The minimum atomic E-state index is -5.19. The first-order valence-electron chi connectivity index (χ1n) is 2.77. The zero-order valence-electron chi connectivity index (χ0n) is 5.59. The molecule has 13 heavy (non-hydrogen) atoms. The molecule has 1 heterocycles. The fourth-order valence-corrected chi connectivity index (χ4v) is 0.764. The van der Waals surface area contributed by atoms with Crippen LogP contribution in [0, 0.1) is 0 Å². The second-order valence-corrected chi connectivity index (χ2v) is 2.52. The molecule has 0 aromatic rings. The van der Waals surface area contributed by atoms with Gasteiger partial charge in [0.25, 0.3) is 0 Å². The van der Waals surface area contributed by atoms with Gasteiger partial charge in [0.1, 0.15) is 5.03 Å². The van der Waals surface area contributed by atoms with E-state index in [0.29, 0.717) is 0 Å². The van der Waals surface area contributed by atoms with Crippen LogP contribution in [0.4, 0.5) is 26.3 Å². The summed E-state index contributed by atoms with van der Waals surface area (Å²) in [5.41, 5.74) is 0. The summed E-state index contributed by atoms with van der Waals surface area (Å²) < 4.78 is 73.3. The van der Waals surface area contributed by atoms with Gasteiger partial charge >= 0.3 is 12.0 Å². The molecule has 8 heteroatoms. The van der Waals surface area contributed by atoms with Crippen LogP contribution in [-0.4, -0.2) is 17.9 Å². The highest BCUT2D eigenvalue weighted by molar-refractivity contribution is 6.42. The fourth-order valence-electron chi connectivity index (χ4n) is 0.603. The van der Waals surface area contributed by atoms with E-state index in [-0.39, 0.29) is 0 Å². The van der Waals surface area contributed by atoms with Crippen LogP contribution >= 0.6 is 11.6 Å². The summed E-state index contributed by atoms with van der Waals surface area (Å²) in [6.45, 7) is 0. The molecule has 0 aromatic carbocycles. The van der Waals surface area contributed by atoms with Crippen molar-refractivity contribution in [2.75, 3.05) is 0 Å². The maximum atomic E-state index is 12.3. The summed E-state index contributed by atoms with van der Waals surface area (Å²) in [6, 6.07) is -5.14. The smallest absolute Gasteiger partial charge is 0.203 e. The van der Waals surface area contributed by atoms with Crippen molar-refractivity contribution in [2.45, 2.75) is 12.0 Å². The Balaban J connectivity index is 3.32. The van der Waals surface area contributed by atoms with E-state index in [1.54, 1.807) is 4.99 Å². The second kappa shape index (κ2) is 2.63. The lowest BCUT2D eigenvalue weighted by molar-refractivity contribution is -0.191. The normalized spacial score (nSPS) is 25.9. The maximum Gasteiger partial charge on any atom is 0.414 e. The molecule has 0 fully saturated rings. The number of alkyl halides is 4. The summed E-state index contributed by atoms with van der Waals surface area (Å²) in [5.74, 6) is -10.1. The number of allylic oxidation sites excluding steroid dienone is 1. The number of dihydropyridines is 1. The van der Waals surface area contributed by atoms with Crippen molar-refractivity contribution < 1.29 is 26.3 Å². The van der Waals surface area contributed by atoms with E-state index in [9.17, 15) is 26.3 Å². The zero-order chi connectivity index (χ0) is 10.4. The van der Waals surface area contributed by atoms with Gasteiger partial charge in [-0.2, -0.15) is 26.9 Å². The second-order valence-electron chi connectivity index (χ2n) is 2.15. The Morgan fingerprint density at radius 2 is 1.54 bits per heavy atom. The third kappa shape index (κ3) is 1.31. The van der Waals surface area contributed by atoms with Crippen molar-refractivity contribution in [2.24, 2.45) is 4.99 Å². The summed E-state index contributed by atoms with van der Waals surface area (Å²) >= 11 is 4.61. The molecule has 0 bridgehead atoms. The molecule has 0 aromatic heterocycles. The summed E-state index contributed by atoms with van der Waals surface area (Å²) in [6.07, 6.45) is 0. The third-order valence-corrected chi connectivity index (χ3v) is 1.59. The number of aliphatic imine (C=N–C) groups is 1. The number of nitrogens with zero attached hydrogens (tertiary/aromatic N) is 1. The van der Waals surface area contributed by atoms with E-state index >= 15 is 0 Å². The third-order valence-electron chi connectivity index (χ3n) is 1.27. The molecule has 1 aliphatic heterocycles. The number of rotatable bonds is 0. The van der Waals surface area contributed by atoms with Crippen molar-refractivity contribution in [3.8, 4) is 0 Å². The molecule has 0 amide bonds. The number of hydrogen-bond donors (Lipinski definition) is 0. The Kier molecular flexibility index (Phi) is 2.10. The Morgan fingerprint density at radius 3 is 2.00 bits per heavy atom. The molecule has 0 aliphatic carbocycles. The Bertz CT molecular complexity index is 306. The minimum absolute atomic E-state index is 1.64. The molecular formula is C5ClF6N. The molecule has 0 radical (unpaired) electrons. The van der Waals surface area contributed by atoms with Crippen LogP contribution in [0.1, 0.15) is 0 Å². The molecule has 0 unspecified atom stereocenters. The van der Waals surface area contributed by atoms with E-state index in [1.807, 2.05) is 0 Å². The van der Waals surface area contributed by atoms with Gasteiger partial charge in [0, 0.05) is 0 Å². The lowest BCUT2D eigenvalue weighted by Crippen LogP contribution is -2.43. The predicted molar refractivity (Wildman–Crippen MR) is 32.4 cm³/mol. The first kappa shape index (κ1) is 10.4. The summed E-state index contributed by atoms with van der Waals surface area (Å²) in [4.78, 5) is 1.64. The first-order chi connectivity index (χ1) is 5.70. The SMILES string of the molecule is FC1=NC(F)(F)C(F)(F)C(F)=C1Cl. The molecule has 1 nitrogen and oxygen atoms in total. The van der Waals surface area contributed by atoms with Gasteiger partial charge < -0.3 is 0 Å². The van der Waals surface area contributed by atoms with Crippen molar-refractivity contribution >= 4 is 17.6 Å². The van der Waals surface area contributed by atoms with Crippen LogP contribution < -0.4 is 0 Å². The van der Waals surface area contributed by atoms with Gasteiger partial charge in [-0.1, -0.05) is 11.6 Å². The van der Waals surface area contributed by atoms with Crippen LogP contribution in [-0.2, 0) is 0 Å². The first-order valence-corrected chi connectivity index (χ1v) is 3.15. The number of hydrogen-bond acceptors (Lipinski definition) is 1. The van der Waals surface area contributed by atoms with Crippen LogP contribution in [0.25, 0.3) is 0 Å². The lowest BCUT2D eigenvalue weighted by Gasteiger charge is -2.24. The largest absolute Gasteiger partial charge is 0.414 e. The van der Waals surface area contributed by atoms with Crippen molar-refractivity contribution in [3.05, 3.63) is 10.9 Å². The van der Waals surface area contributed by atoms with E-state index in [2.05, 4.69) is 11.6 Å². The fraction of sp³-hybridized carbons (Fsp3) is 0.400. The van der Waals surface area contributed by atoms with Gasteiger partial charge in [0.05, 0.1) is 0 Å².